The number of carbonyl (C=O) groups excluding carboxylic acids is 2. The summed E-state index contributed by atoms with van der Waals surface area (Å²) >= 11 is 18.2. The fourth-order valence-electron chi connectivity index (χ4n) is 1.71. The molecule has 1 aromatic rings. The molecule has 0 heterocycles. The van der Waals surface area contributed by atoms with Gasteiger partial charge in [0.05, 0.1) is 32.9 Å². The summed E-state index contributed by atoms with van der Waals surface area (Å²) in [6.45, 7) is 3.37. The number of carbonyl (C=O) groups is 2. The molecule has 0 unspecified atom stereocenters. The number of nitrogens with one attached hydrogen (secondary N) is 1. The number of amides is 1. The molecule has 1 rings (SSSR count). The van der Waals surface area contributed by atoms with Crippen molar-refractivity contribution < 1.29 is 19.4 Å². The number of aliphatic hydroxyl groups is 1. The van der Waals surface area contributed by atoms with Crippen molar-refractivity contribution in [1.29, 1.82) is 0 Å². The van der Waals surface area contributed by atoms with E-state index in [0.29, 0.717) is 6.42 Å². The van der Waals surface area contributed by atoms with Gasteiger partial charge < -0.3 is 15.2 Å². The lowest BCUT2D eigenvalue weighted by Gasteiger charge is -2.10. The summed E-state index contributed by atoms with van der Waals surface area (Å²) in [6.07, 6.45) is 1.72. The predicted molar refractivity (Wildman–Crippen MR) is 99.6 cm³/mol. The Hall–Kier alpha value is -1.76. The Labute approximate surface area is 160 Å². The van der Waals surface area contributed by atoms with Crippen LogP contribution in [0.3, 0.4) is 0 Å². The van der Waals surface area contributed by atoms with Gasteiger partial charge in [0.1, 0.15) is 11.3 Å². The van der Waals surface area contributed by atoms with Crippen LogP contribution in [-0.2, 0) is 9.53 Å². The van der Waals surface area contributed by atoms with Gasteiger partial charge in [0.2, 0.25) is 0 Å². The highest BCUT2D eigenvalue weighted by molar-refractivity contribution is 6.47. The molecule has 0 aliphatic heterocycles. The standard InChI is InChI=1S/C16H17Cl3N2O4/c1-4-5-25-16(24)9(8(2)22)7-21-11-6-10(17)13(18)12(14(11)19)15(23)20-3/h6-7,22H,4-5H2,1-3H3,(H,20,23). The fourth-order valence-corrected chi connectivity index (χ4v) is 2.47. The number of ether oxygens (including phenoxy) is 1. The number of aliphatic imine (C=N–C) groups is 1. The van der Waals surface area contributed by atoms with Gasteiger partial charge in [-0.25, -0.2) is 4.79 Å². The van der Waals surface area contributed by atoms with Gasteiger partial charge in [-0.1, -0.05) is 41.7 Å². The number of hydrogen-bond donors (Lipinski definition) is 2. The number of allylic oxidation sites excluding steroid dienone is 1. The van der Waals surface area contributed by atoms with Gasteiger partial charge in [-0.2, -0.15) is 0 Å². The molecule has 0 radical (unpaired) electrons. The van der Waals surface area contributed by atoms with Crippen molar-refractivity contribution in [3.05, 3.63) is 38.0 Å². The highest BCUT2D eigenvalue weighted by Gasteiger charge is 2.20. The van der Waals surface area contributed by atoms with E-state index in [1.165, 1.54) is 20.0 Å². The molecule has 136 valence electrons. The number of benzene rings is 1. The van der Waals surface area contributed by atoms with Crippen LogP contribution in [0, 0.1) is 0 Å². The second-order valence-electron chi connectivity index (χ2n) is 4.85. The lowest BCUT2D eigenvalue weighted by Crippen LogP contribution is -2.19. The van der Waals surface area contributed by atoms with Crippen LogP contribution >= 0.6 is 34.8 Å². The highest BCUT2D eigenvalue weighted by atomic mass is 35.5. The quantitative estimate of drug-likeness (QED) is 0.239. The van der Waals surface area contributed by atoms with Gasteiger partial charge in [0.15, 0.2) is 0 Å². The van der Waals surface area contributed by atoms with E-state index in [2.05, 4.69) is 10.3 Å². The van der Waals surface area contributed by atoms with Crippen LogP contribution in [0.4, 0.5) is 5.69 Å². The fraction of sp³-hybridized carbons (Fsp3) is 0.312. The highest BCUT2D eigenvalue weighted by Crippen LogP contribution is 2.38. The van der Waals surface area contributed by atoms with E-state index in [0.717, 1.165) is 6.21 Å². The molecule has 0 spiro atoms. The molecule has 0 atom stereocenters. The lowest BCUT2D eigenvalue weighted by molar-refractivity contribution is -0.138. The first-order chi connectivity index (χ1) is 11.7. The van der Waals surface area contributed by atoms with Crippen LogP contribution < -0.4 is 5.32 Å². The Morgan fingerprint density at radius 2 is 1.96 bits per heavy atom. The van der Waals surface area contributed by atoms with Crippen LogP contribution in [0.15, 0.2) is 22.4 Å². The molecule has 0 aromatic heterocycles. The van der Waals surface area contributed by atoms with Gasteiger partial charge in [0.25, 0.3) is 5.91 Å². The Balaban J connectivity index is 3.31. The molecular weight excluding hydrogens is 391 g/mol. The van der Waals surface area contributed by atoms with E-state index in [4.69, 9.17) is 39.5 Å². The molecule has 0 aliphatic carbocycles. The minimum atomic E-state index is -0.728. The molecular formula is C16H17Cl3N2O4. The van der Waals surface area contributed by atoms with Crippen molar-refractivity contribution in [2.24, 2.45) is 4.99 Å². The average molecular weight is 408 g/mol. The summed E-state index contributed by atoms with van der Waals surface area (Å²) in [7, 11) is 1.42. The summed E-state index contributed by atoms with van der Waals surface area (Å²) in [4.78, 5) is 27.9. The molecule has 0 saturated carbocycles. The monoisotopic (exact) mass is 406 g/mol. The molecule has 6 nitrogen and oxygen atoms in total. The smallest absolute Gasteiger partial charge is 0.343 e. The zero-order chi connectivity index (χ0) is 19.1. The van der Waals surface area contributed by atoms with Crippen molar-refractivity contribution in [3.8, 4) is 0 Å². The van der Waals surface area contributed by atoms with Crippen LogP contribution in [-0.4, -0.2) is 36.9 Å². The first-order valence-electron chi connectivity index (χ1n) is 7.25. The number of aliphatic hydroxyl groups excluding tert-OH is 1. The summed E-state index contributed by atoms with van der Waals surface area (Å²) in [5.74, 6) is -1.54. The molecule has 0 fully saturated rings. The molecule has 0 aliphatic rings. The summed E-state index contributed by atoms with van der Waals surface area (Å²) in [6, 6.07) is 1.34. The summed E-state index contributed by atoms with van der Waals surface area (Å²) in [5.41, 5.74) is -0.0703. The van der Waals surface area contributed by atoms with Crippen molar-refractivity contribution in [2.75, 3.05) is 13.7 Å². The summed E-state index contributed by atoms with van der Waals surface area (Å²) < 4.78 is 4.96. The molecule has 25 heavy (non-hydrogen) atoms. The maximum Gasteiger partial charge on any atom is 0.343 e. The van der Waals surface area contributed by atoms with Crippen LogP contribution in [0.2, 0.25) is 15.1 Å². The molecule has 1 amide bonds. The Morgan fingerprint density at radius 3 is 2.48 bits per heavy atom. The van der Waals surface area contributed by atoms with Crippen molar-refractivity contribution >= 4 is 58.6 Å². The van der Waals surface area contributed by atoms with E-state index >= 15 is 0 Å². The molecule has 1 aromatic carbocycles. The predicted octanol–water partition coefficient (Wildman–Crippen LogP) is 4.49. The molecule has 0 saturated heterocycles. The topological polar surface area (TPSA) is 88.0 Å². The van der Waals surface area contributed by atoms with Gasteiger partial charge in [-0.05, 0) is 19.4 Å². The molecule has 9 heteroatoms. The number of halogens is 3. The van der Waals surface area contributed by atoms with Gasteiger partial charge in [-0.15, -0.1) is 0 Å². The lowest BCUT2D eigenvalue weighted by atomic mass is 10.1. The second kappa shape index (κ2) is 9.65. The van der Waals surface area contributed by atoms with Gasteiger partial charge in [-0.3, -0.25) is 9.79 Å². The SMILES string of the molecule is CCCOC(=O)C(C=Nc1cc(Cl)c(Cl)c(C(=O)NC)c1Cl)=C(C)O. The minimum Gasteiger partial charge on any atom is -0.512 e. The Bertz CT molecular complexity index is 741. The van der Waals surface area contributed by atoms with E-state index in [9.17, 15) is 14.7 Å². The molecule has 2 N–H and O–H groups in total. The molecule has 0 bridgehead atoms. The first-order valence-corrected chi connectivity index (χ1v) is 8.38. The van der Waals surface area contributed by atoms with E-state index in [1.807, 2.05) is 6.92 Å². The van der Waals surface area contributed by atoms with Crippen LogP contribution in [0.5, 0.6) is 0 Å². The average Bonchev–Trinajstić information content (AvgIpc) is 2.57. The zero-order valence-electron chi connectivity index (χ0n) is 13.8. The third-order valence-corrected chi connectivity index (χ3v) is 4.14. The number of esters is 1. The van der Waals surface area contributed by atoms with Crippen LogP contribution in [0.1, 0.15) is 30.6 Å². The second-order valence-corrected chi connectivity index (χ2v) is 6.02. The van der Waals surface area contributed by atoms with Crippen LogP contribution in [0.25, 0.3) is 0 Å². The summed E-state index contributed by atoms with van der Waals surface area (Å²) in [5, 5.41) is 12.1. The number of hydrogen-bond acceptors (Lipinski definition) is 5. The van der Waals surface area contributed by atoms with E-state index < -0.39 is 11.9 Å². The van der Waals surface area contributed by atoms with Crippen molar-refractivity contribution in [1.82, 2.24) is 5.32 Å². The number of rotatable bonds is 6. The van der Waals surface area contributed by atoms with Gasteiger partial charge >= 0.3 is 5.97 Å². The number of nitrogens with zero attached hydrogens (tertiary/aromatic N) is 1. The Kier molecular flexibility index (Phi) is 8.22. The van der Waals surface area contributed by atoms with E-state index in [1.54, 1.807) is 0 Å². The maximum absolute atomic E-state index is 11.9. The third-order valence-electron chi connectivity index (χ3n) is 2.97. The van der Waals surface area contributed by atoms with Crippen molar-refractivity contribution in [3.63, 3.8) is 0 Å². The largest absolute Gasteiger partial charge is 0.512 e. The Morgan fingerprint density at radius 1 is 1.32 bits per heavy atom. The van der Waals surface area contributed by atoms with E-state index in [-0.39, 0.29) is 44.3 Å². The normalized spacial score (nSPS) is 12.1. The third kappa shape index (κ3) is 5.36. The first kappa shape index (κ1) is 21.3. The zero-order valence-corrected chi connectivity index (χ0v) is 16.1. The van der Waals surface area contributed by atoms with Gasteiger partial charge in [0, 0.05) is 13.3 Å². The maximum atomic E-state index is 11.9. The van der Waals surface area contributed by atoms with Crippen molar-refractivity contribution in [2.45, 2.75) is 20.3 Å². The minimum absolute atomic E-state index is 0.0126.